The molecule has 2 nitrogen and oxygen atoms in total. The van der Waals surface area contributed by atoms with E-state index in [9.17, 15) is 0 Å². The molecule has 8 rings (SSSR count). The van der Waals surface area contributed by atoms with E-state index in [4.69, 9.17) is 4.98 Å². The molecule has 0 amide bonds. The van der Waals surface area contributed by atoms with Crippen molar-refractivity contribution in [3.05, 3.63) is 121 Å². The minimum atomic E-state index is 1.03. The normalized spacial score (nSPS) is 11.9. The van der Waals surface area contributed by atoms with Crippen LogP contribution in [-0.2, 0) is 0 Å². The highest BCUT2D eigenvalue weighted by molar-refractivity contribution is 7.26. The largest absolute Gasteiger partial charge is 0.291 e. The standard InChI is InChI=1S/C33H20N2S/c1-2-8-21(9-3-1)22-14-16-23(17-15-22)29-20-27-26-12-6-7-13-31(26)36-32(27)33-34-28-18-24-10-4-5-11-25(24)19-30(28)35(29)33/h1-20H. The van der Waals surface area contributed by atoms with Crippen molar-refractivity contribution in [3.63, 3.8) is 0 Å². The van der Waals surface area contributed by atoms with E-state index in [0.717, 1.165) is 16.7 Å². The third-order valence-electron chi connectivity index (χ3n) is 7.17. The van der Waals surface area contributed by atoms with Crippen LogP contribution in [-0.4, -0.2) is 9.38 Å². The molecule has 0 saturated heterocycles. The van der Waals surface area contributed by atoms with Crippen molar-refractivity contribution in [2.75, 3.05) is 0 Å². The number of pyridine rings is 1. The molecule has 0 aliphatic heterocycles. The average molecular weight is 477 g/mol. The topological polar surface area (TPSA) is 17.3 Å². The molecular weight excluding hydrogens is 456 g/mol. The molecule has 0 N–H and O–H groups in total. The lowest BCUT2D eigenvalue weighted by Gasteiger charge is -2.10. The van der Waals surface area contributed by atoms with E-state index in [1.54, 1.807) is 0 Å². The fraction of sp³-hybridized carbons (Fsp3) is 0. The first-order valence-corrected chi connectivity index (χ1v) is 13.0. The summed E-state index contributed by atoms with van der Waals surface area (Å²) in [4.78, 5) is 5.21. The molecule has 36 heavy (non-hydrogen) atoms. The van der Waals surface area contributed by atoms with E-state index in [1.807, 2.05) is 11.3 Å². The van der Waals surface area contributed by atoms with Gasteiger partial charge in [0.2, 0.25) is 0 Å². The number of hydrogen-bond acceptors (Lipinski definition) is 2. The Morgan fingerprint density at radius 3 is 2.06 bits per heavy atom. The third-order valence-corrected chi connectivity index (χ3v) is 8.35. The van der Waals surface area contributed by atoms with Crippen molar-refractivity contribution in [2.45, 2.75) is 0 Å². The average Bonchev–Trinajstić information content (AvgIpc) is 3.50. The molecule has 0 fully saturated rings. The van der Waals surface area contributed by atoms with Crippen molar-refractivity contribution in [2.24, 2.45) is 0 Å². The minimum absolute atomic E-state index is 1.03. The molecule has 8 aromatic rings. The van der Waals surface area contributed by atoms with Gasteiger partial charge in [0, 0.05) is 15.5 Å². The van der Waals surface area contributed by atoms with Gasteiger partial charge in [-0.05, 0) is 51.7 Å². The van der Waals surface area contributed by atoms with Crippen molar-refractivity contribution < 1.29 is 0 Å². The van der Waals surface area contributed by atoms with Crippen LogP contribution in [0.3, 0.4) is 0 Å². The maximum Gasteiger partial charge on any atom is 0.156 e. The number of rotatable bonds is 2. The predicted molar refractivity (Wildman–Crippen MR) is 154 cm³/mol. The highest BCUT2D eigenvalue weighted by atomic mass is 32.1. The summed E-state index contributed by atoms with van der Waals surface area (Å²) in [6.45, 7) is 0. The van der Waals surface area contributed by atoms with Gasteiger partial charge in [-0.3, -0.25) is 4.40 Å². The van der Waals surface area contributed by atoms with Crippen molar-refractivity contribution in [3.8, 4) is 22.4 Å². The van der Waals surface area contributed by atoms with Gasteiger partial charge >= 0.3 is 0 Å². The van der Waals surface area contributed by atoms with Crippen molar-refractivity contribution in [1.29, 1.82) is 0 Å². The van der Waals surface area contributed by atoms with Gasteiger partial charge in [-0.1, -0.05) is 97.1 Å². The summed E-state index contributed by atoms with van der Waals surface area (Å²) < 4.78 is 4.89. The monoisotopic (exact) mass is 476 g/mol. The highest BCUT2D eigenvalue weighted by Crippen LogP contribution is 2.41. The molecule has 5 aromatic carbocycles. The molecule has 0 aliphatic rings. The zero-order chi connectivity index (χ0) is 23.6. The summed E-state index contributed by atoms with van der Waals surface area (Å²) in [5.74, 6) is 0. The molecule has 0 atom stereocenters. The number of thiophene rings is 1. The second kappa shape index (κ2) is 7.51. The maximum atomic E-state index is 5.21. The SMILES string of the molecule is c1ccc(-c2ccc(-c3cc4c5ccccc5sc4c4nc5cc6ccccc6cc5n34)cc2)cc1. The molecule has 3 aromatic heterocycles. The summed E-state index contributed by atoms with van der Waals surface area (Å²) in [7, 11) is 0. The van der Waals surface area contributed by atoms with Crippen molar-refractivity contribution in [1.82, 2.24) is 9.38 Å². The van der Waals surface area contributed by atoms with E-state index in [1.165, 1.54) is 53.3 Å². The van der Waals surface area contributed by atoms with Crippen LogP contribution in [0.25, 0.3) is 70.0 Å². The molecule has 0 spiro atoms. The Kier molecular flexibility index (Phi) is 4.13. The summed E-state index contributed by atoms with van der Waals surface area (Å²) in [5, 5.41) is 5.01. The van der Waals surface area contributed by atoms with Crippen molar-refractivity contribution >= 4 is 59.0 Å². The molecular formula is C33H20N2S. The summed E-state index contributed by atoms with van der Waals surface area (Å²) in [6, 6.07) is 43.6. The quantitative estimate of drug-likeness (QED) is 0.243. The zero-order valence-corrected chi connectivity index (χ0v) is 20.2. The smallest absolute Gasteiger partial charge is 0.156 e. The Bertz CT molecular complexity index is 2070. The lowest BCUT2D eigenvalue weighted by Crippen LogP contribution is -1.93. The van der Waals surface area contributed by atoms with Gasteiger partial charge in [-0.15, -0.1) is 11.3 Å². The Balaban J connectivity index is 1.48. The Hall–Kier alpha value is -4.47. The number of nitrogens with zero attached hydrogens (tertiary/aromatic N) is 2. The Labute approximate surface area is 211 Å². The number of hydrogen-bond donors (Lipinski definition) is 0. The molecule has 3 heteroatoms. The third kappa shape index (κ3) is 2.87. The fourth-order valence-corrected chi connectivity index (χ4v) is 6.57. The van der Waals surface area contributed by atoms with Gasteiger partial charge in [0.25, 0.3) is 0 Å². The summed E-state index contributed by atoms with van der Waals surface area (Å²) in [6.07, 6.45) is 0. The summed E-state index contributed by atoms with van der Waals surface area (Å²) in [5.41, 5.74) is 8.00. The molecule has 3 heterocycles. The van der Waals surface area contributed by atoms with Gasteiger partial charge in [-0.2, -0.15) is 0 Å². The summed E-state index contributed by atoms with van der Waals surface area (Å²) >= 11 is 1.83. The number of fused-ring (bicyclic) bond motifs is 8. The Morgan fingerprint density at radius 1 is 0.556 bits per heavy atom. The first-order valence-electron chi connectivity index (χ1n) is 12.1. The molecule has 0 aliphatic carbocycles. The van der Waals surface area contributed by atoms with E-state index in [2.05, 4.69) is 126 Å². The highest BCUT2D eigenvalue weighted by Gasteiger charge is 2.18. The molecule has 0 bridgehead atoms. The van der Waals surface area contributed by atoms with Gasteiger partial charge in [0.05, 0.1) is 21.4 Å². The zero-order valence-electron chi connectivity index (χ0n) is 19.3. The van der Waals surface area contributed by atoms with E-state index in [0.29, 0.717) is 0 Å². The van der Waals surface area contributed by atoms with Crippen LogP contribution in [0.15, 0.2) is 121 Å². The van der Waals surface area contributed by atoms with Gasteiger partial charge in [-0.25, -0.2) is 4.98 Å². The second-order valence-corrected chi connectivity index (χ2v) is 10.3. The van der Waals surface area contributed by atoms with E-state index < -0.39 is 0 Å². The van der Waals surface area contributed by atoms with Crippen LogP contribution in [0, 0.1) is 0 Å². The van der Waals surface area contributed by atoms with Crippen LogP contribution in [0.4, 0.5) is 0 Å². The van der Waals surface area contributed by atoms with Crippen LogP contribution in [0.5, 0.6) is 0 Å². The number of aromatic nitrogens is 2. The first kappa shape index (κ1) is 19.8. The van der Waals surface area contributed by atoms with Crippen LogP contribution in [0.1, 0.15) is 0 Å². The molecule has 0 unspecified atom stereocenters. The second-order valence-electron chi connectivity index (χ2n) is 9.27. The number of benzene rings is 5. The van der Waals surface area contributed by atoms with Crippen LogP contribution in [0.2, 0.25) is 0 Å². The lowest BCUT2D eigenvalue weighted by molar-refractivity contribution is 1.25. The first-order chi connectivity index (χ1) is 17.8. The number of imidazole rings is 1. The van der Waals surface area contributed by atoms with Gasteiger partial charge in [0.15, 0.2) is 5.65 Å². The van der Waals surface area contributed by atoms with E-state index in [-0.39, 0.29) is 0 Å². The molecule has 0 saturated carbocycles. The molecule has 0 radical (unpaired) electrons. The Morgan fingerprint density at radius 2 is 1.22 bits per heavy atom. The molecule has 168 valence electrons. The van der Waals surface area contributed by atoms with Gasteiger partial charge < -0.3 is 0 Å². The fourth-order valence-electron chi connectivity index (χ4n) is 5.41. The van der Waals surface area contributed by atoms with Gasteiger partial charge in [0.1, 0.15) is 0 Å². The minimum Gasteiger partial charge on any atom is -0.291 e. The van der Waals surface area contributed by atoms with E-state index >= 15 is 0 Å². The predicted octanol–water partition coefficient (Wildman–Crippen LogP) is 9.34. The maximum absolute atomic E-state index is 5.21. The van der Waals surface area contributed by atoms with Crippen LogP contribution < -0.4 is 0 Å². The van der Waals surface area contributed by atoms with Crippen LogP contribution >= 0.6 is 11.3 Å². The lowest BCUT2D eigenvalue weighted by atomic mass is 10.0.